The van der Waals surface area contributed by atoms with Crippen LogP contribution in [0.15, 0.2) is 48.5 Å². The van der Waals surface area contributed by atoms with Gasteiger partial charge < -0.3 is 15.7 Å². The van der Waals surface area contributed by atoms with Crippen molar-refractivity contribution in [2.24, 2.45) is 5.73 Å². The molecule has 0 bridgehead atoms. The Balaban J connectivity index is 1.91. The van der Waals surface area contributed by atoms with Crippen LogP contribution in [0.4, 0.5) is 4.39 Å². The van der Waals surface area contributed by atoms with Crippen molar-refractivity contribution in [3.63, 3.8) is 0 Å². The van der Waals surface area contributed by atoms with Crippen molar-refractivity contribution in [1.82, 2.24) is 4.90 Å². The third-order valence-corrected chi connectivity index (χ3v) is 4.19. The van der Waals surface area contributed by atoms with Gasteiger partial charge in [0.2, 0.25) is 5.91 Å². The molecule has 0 unspecified atom stereocenters. The molecule has 0 aromatic heterocycles. The van der Waals surface area contributed by atoms with E-state index in [1.165, 1.54) is 29.2 Å². The van der Waals surface area contributed by atoms with Crippen LogP contribution in [-0.2, 0) is 0 Å². The smallest absolute Gasteiger partial charge is 0.254 e. The summed E-state index contributed by atoms with van der Waals surface area (Å²) in [6, 6.07) is 11.7. The highest BCUT2D eigenvalue weighted by molar-refractivity contribution is 5.99. The van der Waals surface area contributed by atoms with E-state index in [2.05, 4.69) is 0 Å². The van der Waals surface area contributed by atoms with Crippen molar-refractivity contribution in [2.75, 3.05) is 6.54 Å². The van der Waals surface area contributed by atoms with Gasteiger partial charge in [-0.05, 0) is 42.3 Å². The van der Waals surface area contributed by atoms with Gasteiger partial charge in [-0.2, -0.15) is 0 Å². The Kier molecular flexibility index (Phi) is 4.31. The van der Waals surface area contributed by atoms with Gasteiger partial charge in [-0.3, -0.25) is 9.59 Å². The Morgan fingerprint density at radius 3 is 2.46 bits per heavy atom. The molecule has 0 saturated carbocycles. The SMILES string of the molecule is NC(=O)c1cccc(C(=O)N2C[C@H](O)C[C@H]2c2ccc(F)cc2)c1. The molecular weight excluding hydrogens is 311 g/mol. The Morgan fingerprint density at radius 1 is 1.12 bits per heavy atom. The van der Waals surface area contributed by atoms with Crippen LogP contribution < -0.4 is 5.73 Å². The van der Waals surface area contributed by atoms with E-state index in [1.807, 2.05) is 0 Å². The number of carbonyl (C=O) groups is 2. The van der Waals surface area contributed by atoms with Crippen molar-refractivity contribution in [1.29, 1.82) is 0 Å². The number of aliphatic hydroxyl groups is 1. The van der Waals surface area contributed by atoms with Crippen LogP contribution in [0.1, 0.15) is 38.7 Å². The Hall–Kier alpha value is -2.73. The highest BCUT2D eigenvalue weighted by Crippen LogP contribution is 2.33. The van der Waals surface area contributed by atoms with Gasteiger partial charge >= 0.3 is 0 Å². The van der Waals surface area contributed by atoms with Crippen molar-refractivity contribution < 1.29 is 19.1 Å². The lowest BCUT2D eigenvalue weighted by atomic mass is 10.0. The van der Waals surface area contributed by atoms with E-state index in [1.54, 1.807) is 24.3 Å². The van der Waals surface area contributed by atoms with E-state index in [-0.39, 0.29) is 29.9 Å². The lowest BCUT2D eigenvalue weighted by Crippen LogP contribution is -2.32. The standard InChI is InChI=1S/C18H17FN2O3/c19-14-6-4-11(5-7-14)16-9-15(22)10-21(16)18(24)13-3-1-2-12(8-13)17(20)23/h1-8,15-16,22H,9-10H2,(H2,20,23)/t15-,16+/m1/s1. The summed E-state index contributed by atoms with van der Waals surface area (Å²) in [6.07, 6.45) is -0.268. The van der Waals surface area contributed by atoms with Crippen LogP contribution >= 0.6 is 0 Å². The van der Waals surface area contributed by atoms with Gasteiger partial charge in [0.05, 0.1) is 12.1 Å². The van der Waals surface area contributed by atoms with Crippen LogP contribution in [0.5, 0.6) is 0 Å². The van der Waals surface area contributed by atoms with Gasteiger partial charge in [-0.25, -0.2) is 4.39 Å². The first-order valence-electron chi connectivity index (χ1n) is 7.60. The molecule has 1 saturated heterocycles. The molecule has 1 heterocycles. The second-order valence-corrected chi connectivity index (χ2v) is 5.86. The van der Waals surface area contributed by atoms with E-state index in [9.17, 15) is 19.1 Å². The molecule has 5 nitrogen and oxygen atoms in total. The average Bonchev–Trinajstić information content (AvgIpc) is 2.96. The van der Waals surface area contributed by atoms with Crippen LogP contribution in [-0.4, -0.2) is 34.5 Å². The molecule has 0 radical (unpaired) electrons. The Labute approximate surface area is 138 Å². The molecule has 0 aliphatic carbocycles. The summed E-state index contributed by atoms with van der Waals surface area (Å²) in [5.41, 5.74) is 6.58. The number of hydrogen-bond acceptors (Lipinski definition) is 3. The minimum absolute atomic E-state index is 0.182. The van der Waals surface area contributed by atoms with Crippen LogP contribution in [0.2, 0.25) is 0 Å². The normalized spacial score (nSPS) is 20.2. The molecule has 2 aromatic carbocycles. The van der Waals surface area contributed by atoms with E-state index >= 15 is 0 Å². The summed E-state index contributed by atoms with van der Waals surface area (Å²) in [5, 5.41) is 9.98. The summed E-state index contributed by atoms with van der Waals surface area (Å²) in [4.78, 5) is 25.6. The van der Waals surface area contributed by atoms with Gasteiger partial charge in [0.25, 0.3) is 5.91 Å². The van der Waals surface area contributed by atoms with Crippen LogP contribution in [0.3, 0.4) is 0 Å². The fourth-order valence-electron chi connectivity index (χ4n) is 3.01. The van der Waals surface area contributed by atoms with E-state index < -0.39 is 12.0 Å². The molecule has 1 aliphatic heterocycles. The molecule has 2 atom stereocenters. The average molecular weight is 328 g/mol. The van der Waals surface area contributed by atoms with Crippen molar-refractivity contribution >= 4 is 11.8 Å². The topological polar surface area (TPSA) is 83.6 Å². The Morgan fingerprint density at radius 2 is 1.79 bits per heavy atom. The summed E-state index contributed by atoms with van der Waals surface area (Å²) >= 11 is 0. The maximum absolute atomic E-state index is 13.1. The summed E-state index contributed by atoms with van der Waals surface area (Å²) in [7, 11) is 0. The number of β-amino-alcohol motifs (C(OH)–C–C–N with tert-alkyl or cyclic N) is 1. The number of rotatable bonds is 3. The van der Waals surface area contributed by atoms with Gasteiger partial charge in [0.15, 0.2) is 0 Å². The summed E-state index contributed by atoms with van der Waals surface area (Å²) < 4.78 is 13.1. The number of likely N-dealkylation sites (tertiary alicyclic amines) is 1. The number of hydrogen-bond donors (Lipinski definition) is 2. The maximum atomic E-state index is 13.1. The first kappa shape index (κ1) is 16.1. The van der Waals surface area contributed by atoms with Crippen LogP contribution in [0.25, 0.3) is 0 Å². The van der Waals surface area contributed by atoms with E-state index in [0.29, 0.717) is 12.0 Å². The number of amides is 2. The summed E-state index contributed by atoms with van der Waals surface area (Å²) in [5.74, 6) is -1.27. The molecule has 124 valence electrons. The van der Waals surface area contributed by atoms with Gasteiger partial charge in [0.1, 0.15) is 5.82 Å². The zero-order valence-corrected chi connectivity index (χ0v) is 12.9. The van der Waals surface area contributed by atoms with Gasteiger partial charge in [0, 0.05) is 17.7 Å². The molecule has 6 heteroatoms. The largest absolute Gasteiger partial charge is 0.391 e. The first-order chi connectivity index (χ1) is 11.5. The fourth-order valence-corrected chi connectivity index (χ4v) is 3.01. The van der Waals surface area contributed by atoms with E-state index in [4.69, 9.17) is 5.73 Å². The number of carbonyl (C=O) groups excluding carboxylic acids is 2. The summed E-state index contributed by atoms with van der Waals surface area (Å²) in [6.45, 7) is 0.182. The predicted octanol–water partition coefficient (Wildman–Crippen LogP) is 1.87. The minimum atomic E-state index is -0.650. The molecular formula is C18H17FN2O3. The number of benzene rings is 2. The number of nitrogens with zero attached hydrogens (tertiary/aromatic N) is 1. The number of primary amides is 1. The van der Waals surface area contributed by atoms with Crippen molar-refractivity contribution in [3.8, 4) is 0 Å². The molecule has 24 heavy (non-hydrogen) atoms. The predicted molar refractivity (Wildman–Crippen MR) is 85.8 cm³/mol. The second kappa shape index (κ2) is 6.41. The van der Waals surface area contributed by atoms with Crippen LogP contribution in [0, 0.1) is 5.82 Å². The monoisotopic (exact) mass is 328 g/mol. The molecule has 3 rings (SSSR count). The number of nitrogens with two attached hydrogens (primary N) is 1. The third kappa shape index (κ3) is 3.14. The fraction of sp³-hybridized carbons (Fsp3) is 0.222. The number of aliphatic hydroxyl groups excluding tert-OH is 1. The maximum Gasteiger partial charge on any atom is 0.254 e. The minimum Gasteiger partial charge on any atom is -0.391 e. The molecule has 3 N–H and O–H groups in total. The Bertz CT molecular complexity index is 776. The van der Waals surface area contributed by atoms with Gasteiger partial charge in [-0.1, -0.05) is 18.2 Å². The zero-order valence-electron chi connectivity index (χ0n) is 12.9. The lowest BCUT2D eigenvalue weighted by molar-refractivity contribution is 0.0716. The lowest BCUT2D eigenvalue weighted by Gasteiger charge is -2.25. The first-order valence-corrected chi connectivity index (χ1v) is 7.60. The number of halogens is 1. The zero-order chi connectivity index (χ0) is 17.3. The molecule has 1 aliphatic rings. The van der Waals surface area contributed by atoms with Crippen molar-refractivity contribution in [3.05, 3.63) is 71.0 Å². The molecule has 0 spiro atoms. The van der Waals surface area contributed by atoms with Gasteiger partial charge in [-0.15, -0.1) is 0 Å². The highest BCUT2D eigenvalue weighted by atomic mass is 19.1. The highest BCUT2D eigenvalue weighted by Gasteiger charge is 2.35. The van der Waals surface area contributed by atoms with E-state index in [0.717, 1.165) is 5.56 Å². The molecule has 1 fully saturated rings. The third-order valence-electron chi connectivity index (χ3n) is 4.19. The quantitative estimate of drug-likeness (QED) is 0.902. The molecule has 2 amide bonds. The second-order valence-electron chi connectivity index (χ2n) is 5.86. The van der Waals surface area contributed by atoms with Crippen molar-refractivity contribution in [2.45, 2.75) is 18.6 Å². The molecule has 2 aromatic rings.